The molecule has 3 heteroatoms. The van der Waals surface area contributed by atoms with Crippen LogP contribution in [0.2, 0.25) is 0 Å². The van der Waals surface area contributed by atoms with Crippen molar-refractivity contribution in [2.45, 2.75) is 0 Å². The predicted octanol–water partition coefficient (Wildman–Crippen LogP) is 0.361. The molecule has 1 N–H and O–H groups in total. The van der Waals surface area contributed by atoms with Crippen molar-refractivity contribution in [2.75, 3.05) is 33.5 Å². The van der Waals surface area contributed by atoms with Crippen LogP contribution in [0.1, 0.15) is 0 Å². The molecule has 2 nitrogen and oxygen atoms in total. The molecule has 0 saturated carbocycles. The SMILES string of the molecule is CN[PH](C)(C)N1CC1. The van der Waals surface area contributed by atoms with Gasteiger partial charge in [0.25, 0.3) is 0 Å². The molecule has 0 radical (unpaired) electrons. The van der Waals surface area contributed by atoms with Crippen molar-refractivity contribution in [3.63, 3.8) is 0 Å². The number of rotatable bonds is 2. The van der Waals surface area contributed by atoms with Gasteiger partial charge >= 0.3 is 50.8 Å². The molecule has 1 aliphatic rings. The van der Waals surface area contributed by atoms with Crippen LogP contribution in [-0.2, 0) is 0 Å². The average molecular weight is 134 g/mol. The number of nitrogens with one attached hydrogen (secondary N) is 1. The van der Waals surface area contributed by atoms with Crippen LogP contribution in [-0.4, -0.2) is 38.1 Å². The molecule has 1 rings (SSSR count). The zero-order chi connectivity index (χ0) is 6.20. The molecule has 0 aromatic carbocycles. The normalized spacial score (nSPS) is 23.4. The van der Waals surface area contributed by atoms with Gasteiger partial charge in [-0.15, -0.1) is 0 Å². The first-order valence-electron chi connectivity index (χ1n) is 3.11. The molecule has 50 valence electrons. The van der Waals surface area contributed by atoms with Crippen molar-refractivity contribution >= 4 is 7.56 Å². The van der Waals surface area contributed by atoms with E-state index in [1.807, 2.05) is 0 Å². The van der Waals surface area contributed by atoms with Crippen LogP contribution in [0.5, 0.6) is 0 Å². The van der Waals surface area contributed by atoms with E-state index in [0.717, 1.165) is 0 Å². The summed E-state index contributed by atoms with van der Waals surface area (Å²) < 4.78 is 2.52. The second-order valence-electron chi connectivity index (χ2n) is 2.80. The molecular weight excluding hydrogens is 119 g/mol. The standard InChI is InChI=1S/C5H15N2P/c1-6-8(2,3)7-4-5-7/h6,8H,4-5H2,1-3H3. The fourth-order valence-corrected chi connectivity index (χ4v) is 2.30. The first-order valence-corrected chi connectivity index (χ1v) is 6.05. The number of nitrogens with zero attached hydrogens (tertiary/aromatic N) is 1. The first-order chi connectivity index (χ1) is 3.67. The van der Waals surface area contributed by atoms with Gasteiger partial charge in [0.05, 0.1) is 0 Å². The molecule has 0 aromatic heterocycles. The Bertz CT molecular complexity index is 88.4. The summed E-state index contributed by atoms with van der Waals surface area (Å²) in [4.78, 5) is 0. The molecule has 0 atom stereocenters. The van der Waals surface area contributed by atoms with Crippen LogP contribution in [0.4, 0.5) is 0 Å². The Morgan fingerprint density at radius 3 is 2.00 bits per heavy atom. The summed E-state index contributed by atoms with van der Waals surface area (Å²) in [7, 11) is 1.000. The van der Waals surface area contributed by atoms with E-state index in [-0.39, 0.29) is 0 Å². The number of hydrogen-bond donors (Lipinski definition) is 1. The van der Waals surface area contributed by atoms with Crippen molar-refractivity contribution in [3.8, 4) is 0 Å². The minimum absolute atomic E-state index is 1.06. The zero-order valence-corrected chi connectivity index (χ0v) is 6.86. The third-order valence-corrected chi connectivity index (χ3v) is 5.10. The Morgan fingerprint density at radius 2 is 1.88 bits per heavy atom. The maximum absolute atomic E-state index is 3.37. The molecule has 8 heavy (non-hydrogen) atoms. The van der Waals surface area contributed by atoms with Gasteiger partial charge < -0.3 is 0 Å². The summed E-state index contributed by atoms with van der Waals surface area (Å²) in [6, 6.07) is 0. The maximum atomic E-state index is 3.37. The molecule has 0 bridgehead atoms. The molecule has 1 aliphatic heterocycles. The van der Waals surface area contributed by atoms with Gasteiger partial charge in [0.2, 0.25) is 0 Å². The molecular formula is C5H15N2P. The van der Waals surface area contributed by atoms with Gasteiger partial charge in [-0.1, -0.05) is 0 Å². The van der Waals surface area contributed by atoms with Crippen LogP contribution < -0.4 is 5.09 Å². The summed E-state index contributed by atoms with van der Waals surface area (Å²) in [6.07, 6.45) is 0. The van der Waals surface area contributed by atoms with Crippen molar-refractivity contribution in [1.82, 2.24) is 9.76 Å². The van der Waals surface area contributed by atoms with E-state index in [1.54, 1.807) is 0 Å². The molecule has 1 saturated heterocycles. The van der Waals surface area contributed by atoms with Crippen molar-refractivity contribution in [3.05, 3.63) is 0 Å². The summed E-state index contributed by atoms with van der Waals surface area (Å²) in [5, 5.41) is 3.37. The quantitative estimate of drug-likeness (QED) is 0.433. The fraction of sp³-hybridized carbons (Fsp3) is 1.00. The summed E-state index contributed by atoms with van der Waals surface area (Å²) in [6.45, 7) is 7.31. The zero-order valence-electron chi connectivity index (χ0n) is 5.86. The van der Waals surface area contributed by atoms with Crippen LogP contribution in [0.3, 0.4) is 0 Å². The van der Waals surface area contributed by atoms with E-state index in [2.05, 4.69) is 30.1 Å². The summed E-state index contributed by atoms with van der Waals surface area (Å²) in [5.41, 5.74) is 0. The van der Waals surface area contributed by atoms with Crippen LogP contribution in [0.25, 0.3) is 0 Å². The topological polar surface area (TPSA) is 15.0 Å². The second kappa shape index (κ2) is 1.94. The Kier molecular flexibility index (Phi) is 1.57. The molecule has 1 fully saturated rings. The van der Waals surface area contributed by atoms with Gasteiger partial charge in [-0.2, -0.15) is 0 Å². The molecule has 0 unspecified atom stereocenters. The van der Waals surface area contributed by atoms with E-state index >= 15 is 0 Å². The van der Waals surface area contributed by atoms with Gasteiger partial charge in [0.1, 0.15) is 0 Å². The monoisotopic (exact) mass is 134 g/mol. The van der Waals surface area contributed by atoms with Crippen LogP contribution in [0, 0.1) is 0 Å². The summed E-state index contributed by atoms with van der Waals surface area (Å²) in [5.74, 6) is 0. The molecule has 0 amide bonds. The Balaban J connectivity index is 2.37. The third-order valence-electron chi connectivity index (χ3n) is 1.85. The molecule has 0 aromatic rings. The Morgan fingerprint density at radius 1 is 1.38 bits per heavy atom. The van der Waals surface area contributed by atoms with Gasteiger partial charge in [0.15, 0.2) is 0 Å². The van der Waals surface area contributed by atoms with Crippen LogP contribution in [0.15, 0.2) is 0 Å². The van der Waals surface area contributed by atoms with Crippen molar-refractivity contribution < 1.29 is 0 Å². The Hall–Kier alpha value is 0.350. The molecule has 0 spiro atoms. The Labute approximate surface area is 51.7 Å². The van der Waals surface area contributed by atoms with Crippen molar-refractivity contribution in [2.24, 2.45) is 0 Å². The predicted molar refractivity (Wildman–Crippen MR) is 40.8 cm³/mol. The van der Waals surface area contributed by atoms with Gasteiger partial charge in [-0.25, -0.2) is 0 Å². The third kappa shape index (κ3) is 1.19. The van der Waals surface area contributed by atoms with Gasteiger partial charge in [-0.3, -0.25) is 0 Å². The summed E-state index contributed by atoms with van der Waals surface area (Å²) >= 11 is 0. The molecule has 0 aliphatic carbocycles. The van der Waals surface area contributed by atoms with E-state index in [1.165, 1.54) is 13.1 Å². The average Bonchev–Trinajstić information content (AvgIpc) is 2.44. The van der Waals surface area contributed by atoms with E-state index in [9.17, 15) is 0 Å². The van der Waals surface area contributed by atoms with Crippen LogP contribution >= 0.6 is 7.56 Å². The first kappa shape index (κ1) is 6.47. The van der Waals surface area contributed by atoms with Crippen molar-refractivity contribution in [1.29, 1.82) is 0 Å². The number of hydrogen-bond acceptors (Lipinski definition) is 2. The minimum atomic E-state index is -1.06. The molecule has 1 heterocycles. The van der Waals surface area contributed by atoms with E-state index in [4.69, 9.17) is 0 Å². The van der Waals surface area contributed by atoms with E-state index in [0.29, 0.717) is 0 Å². The second-order valence-corrected chi connectivity index (χ2v) is 7.05. The van der Waals surface area contributed by atoms with E-state index < -0.39 is 7.56 Å². The fourth-order valence-electron chi connectivity index (χ4n) is 0.767. The van der Waals surface area contributed by atoms with Gasteiger partial charge in [0, 0.05) is 0 Å². The van der Waals surface area contributed by atoms with Gasteiger partial charge in [-0.05, 0) is 0 Å².